The highest BCUT2D eigenvalue weighted by Crippen LogP contribution is 2.39. The van der Waals surface area contributed by atoms with Crippen molar-refractivity contribution < 1.29 is 19.2 Å². The summed E-state index contributed by atoms with van der Waals surface area (Å²) in [6.45, 7) is 1.93. The number of ether oxygens (including phenoxy) is 2. The van der Waals surface area contributed by atoms with E-state index in [1.54, 1.807) is 50.3 Å². The average molecular weight is 370 g/mol. The summed E-state index contributed by atoms with van der Waals surface area (Å²) in [6, 6.07) is 12.8. The van der Waals surface area contributed by atoms with E-state index < -0.39 is 18.0 Å². The lowest BCUT2D eigenvalue weighted by atomic mass is 9.95. The van der Waals surface area contributed by atoms with Gasteiger partial charge in [-0.3, -0.25) is 14.9 Å². The molecule has 3 rings (SSSR count). The van der Waals surface area contributed by atoms with Gasteiger partial charge in [0.2, 0.25) is 11.9 Å². The molecule has 7 heteroatoms. The number of methoxy groups -OCH3 is 2. The Labute approximate surface area is 157 Å². The van der Waals surface area contributed by atoms with Gasteiger partial charge in [-0.05, 0) is 42.3 Å². The van der Waals surface area contributed by atoms with E-state index in [1.165, 1.54) is 0 Å². The molecule has 1 heterocycles. The number of nitro groups is 1. The summed E-state index contributed by atoms with van der Waals surface area (Å²) < 4.78 is 10.3. The molecule has 2 aromatic rings. The van der Waals surface area contributed by atoms with E-state index in [2.05, 4.69) is 0 Å². The lowest BCUT2D eigenvalue weighted by molar-refractivity contribution is -0.532. The lowest BCUT2D eigenvalue weighted by Gasteiger charge is -2.25. The molecule has 0 aromatic heterocycles. The van der Waals surface area contributed by atoms with Gasteiger partial charge in [0.1, 0.15) is 23.5 Å². The monoisotopic (exact) mass is 370 g/mol. The number of hydrogen-bond acceptors (Lipinski definition) is 5. The van der Waals surface area contributed by atoms with Crippen molar-refractivity contribution in [3.63, 3.8) is 0 Å². The minimum absolute atomic E-state index is 0.215. The maximum atomic E-state index is 12.8. The van der Waals surface area contributed by atoms with Crippen LogP contribution >= 0.6 is 0 Å². The summed E-state index contributed by atoms with van der Waals surface area (Å²) in [5, 5.41) is 11.7. The highest BCUT2D eigenvalue weighted by atomic mass is 16.6. The van der Waals surface area contributed by atoms with Gasteiger partial charge < -0.3 is 14.4 Å². The van der Waals surface area contributed by atoms with Gasteiger partial charge in [-0.2, -0.15) is 0 Å². The number of carbonyl (C=O) groups is 1. The number of rotatable bonds is 6. The minimum atomic E-state index is -0.996. The molecule has 1 aliphatic heterocycles. The number of amides is 1. The predicted molar refractivity (Wildman–Crippen MR) is 99.2 cm³/mol. The number of benzene rings is 2. The molecule has 1 amide bonds. The summed E-state index contributed by atoms with van der Waals surface area (Å²) in [7, 11) is 3.15. The van der Waals surface area contributed by atoms with E-state index in [1.807, 2.05) is 24.3 Å². The van der Waals surface area contributed by atoms with E-state index in [4.69, 9.17) is 9.47 Å². The standard InChI is InChI=1S/C20H22N2O5/c1-13-18(22(24)25)19(15-6-10-17(27-3)11-7-15)21(20(13)23)12-14-4-8-16(26-2)9-5-14/h4-11,13,18-19H,12H2,1-3H3/t13-,18-,19+/m0/s1. The van der Waals surface area contributed by atoms with Crippen molar-refractivity contribution in [2.24, 2.45) is 5.92 Å². The molecule has 0 bridgehead atoms. The molecule has 7 nitrogen and oxygen atoms in total. The van der Waals surface area contributed by atoms with Crippen LogP contribution in [0.4, 0.5) is 0 Å². The predicted octanol–water partition coefficient (Wildman–Crippen LogP) is 3.07. The summed E-state index contributed by atoms with van der Waals surface area (Å²) in [5.74, 6) is 0.476. The fraction of sp³-hybridized carbons (Fsp3) is 0.350. The Morgan fingerprint density at radius 1 is 1.00 bits per heavy atom. The van der Waals surface area contributed by atoms with Crippen molar-refractivity contribution in [1.29, 1.82) is 0 Å². The number of likely N-dealkylation sites (tertiary alicyclic amines) is 1. The number of carbonyl (C=O) groups excluding carboxylic acids is 1. The van der Waals surface area contributed by atoms with Crippen molar-refractivity contribution >= 4 is 5.91 Å². The zero-order valence-corrected chi connectivity index (χ0v) is 15.5. The zero-order valence-electron chi connectivity index (χ0n) is 15.5. The third kappa shape index (κ3) is 3.58. The molecule has 142 valence electrons. The largest absolute Gasteiger partial charge is 0.497 e. The summed E-state index contributed by atoms with van der Waals surface area (Å²) >= 11 is 0. The van der Waals surface area contributed by atoms with Crippen LogP contribution in [-0.4, -0.2) is 36.0 Å². The normalized spacial score (nSPS) is 22.0. The molecule has 0 saturated carbocycles. The maximum Gasteiger partial charge on any atom is 0.248 e. The molecule has 0 unspecified atom stereocenters. The van der Waals surface area contributed by atoms with Crippen LogP contribution in [0.3, 0.4) is 0 Å². The molecule has 0 N–H and O–H groups in total. The van der Waals surface area contributed by atoms with Crippen LogP contribution in [0.5, 0.6) is 11.5 Å². The highest BCUT2D eigenvalue weighted by Gasteiger charge is 2.53. The van der Waals surface area contributed by atoms with Crippen LogP contribution in [0.25, 0.3) is 0 Å². The highest BCUT2D eigenvalue weighted by molar-refractivity contribution is 5.82. The zero-order chi connectivity index (χ0) is 19.6. The SMILES string of the molecule is COc1ccc(CN2C(=O)[C@@H](C)[C@H]([N+](=O)[O-])[C@H]2c2ccc(OC)cc2)cc1. The Kier molecular flexibility index (Phi) is 5.30. The molecule has 3 atom stereocenters. The Morgan fingerprint density at radius 2 is 1.52 bits per heavy atom. The fourth-order valence-electron chi connectivity index (χ4n) is 3.58. The number of hydrogen-bond donors (Lipinski definition) is 0. The maximum absolute atomic E-state index is 12.8. The van der Waals surface area contributed by atoms with Gasteiger partial charge in [0.05, 0.1) is 14.2 Å². The van der Waals surface area contributed by atoms with Crippen molar-refractivity contribution in [2.45, 2.75) is 25.6 Å². The van der Waals surface area contributed by atoms with E-state index in [9.17, 15) is 14.9 Å². The van der Waals surface area contributed by atoms with Gasteiger partial charge in [0.25, 0.3) is 0 Å². The Morgan fingerprint density at radius 3 is 2.00 bits per heavy atom. The van der Waals surface area contributed by atoms with Crippen molar-refractivity contribution in [1.82, 2.24) is 4.90 Å². The van der Waals surface area contributed by atoms with Crippen LogP contribution in [0.1, 0.15) is 24.1 Å². The van der Waals surface area contributed by atoms with Gasteiger partial charge in [-0.25, -0.2) is 0 Å². The van der Waals surface area contributed by atoms with Crippen LogP contribution in [-0.2, 0) is 11.3 Å². The first-order chi connectivity index (χ1) is 13.0. The van der Waals surface area contributed by atoms with Crippen LogP contribution < -0.4 is 9.47 Å². The van der Waals surface area contributed by atoms with E-state index in [-0.39, 0.29) is 10.8 Å². The second-order valence-electron chi connectivity index (χ2n) is 6.60. The van der Waals surface area contributed by atoms with Gasteiger partial charge in [0, 0.05) is 11.5 Å². The van der Waals surface area contributed by atoms with Crippen LogP contribution in [0.2, 0.25) is 0 Å². The molecule has 1 saturated heterocycles. The van der Waals surface area contributed by atoms with Crippen molar-refractivity contribution in [3.05, 3.63) is 69.8 Å². The van der Waals surface area contributed by atoms with Gasteiger partial charge in [-0.15, -0.1) is 0 Å². The molecular formula is C20H22N2O5. The topological polar surface area (TPSA) is 81.9 Å². The summed E-state index contributed by atoms with van der Waals surface area (Å²) in [4.78, 5) is 25.8. The van der Waals surface area contributed by atoms with Crippen LogP contribution in [0, 0.1) is 16.0 Å². The van der Waals surface area contributed by atoms with Crippen molar-refractivity contribution in [3.8, 4) is 11.5 Å². The van der Waals surface area contributed by atoms with Gasteiger partial charge >= 0.3 is 0 Å². The summed E-state index contributed by atoms with van der Waals surface area (Å²) in [6.07, 6.45) is 0. The second kappa shape index (κ2) is 7.65. The minimum Gasteiger partial charge on any atom is -0.497 e. The summed E-state index contributed by atoms with van der Waals surface area (Å²) in [5.41, 5.74) is 1.61. The third-order valence-electron chi connectivity index (χ3n) is 5.06. The Balaban J connectivity index is 1.96. The van der Waals surface area contributed by atoms with E-state index in [0.29, 0.717) is 12.3 Å². The number of nitrogens with zero attached hydrogens (tertiary/aromatic N) is 2. The fourth-order valence-corrected chi connectivity index (χ4v) is 3.58. The molecule has 0 spiro atoms. The average Bonchev–Trinajstić information content (AvgIpc) is 2.93. The van der Waals surface area contributed by atoms with E-state index in [0.717, 1.165) is 16.9 Å². The van der Waals surface area contributed by atoms with Crippen molar-refractivity contribution in [2.75, 3.05) is 14.2 Å². The first-order valence-electron chi connectivity index (χ1n) is 8.67. The van der Waals surface area contributed by atoms with Gasteiger partial charge in [0.15, 0.2) is 0 Å². The molecule has 0 radical (unpaired) electrons. The smallest absolute Gasteiger partial charge is 0.248 e. The molecule has 1 aliphatic rings. The Bertz CT molecular complexity index is 819. The van der Waals surface area contributed by atoms with E-state index >= 15 is 0 Å². The molecule has 2 aromatic carbocycles. The quantitative estimate of drug-likeness (QED) is 0.576. The molecule has 0 aliphatic carbocycles. The molecule has 1 fully saturated rings. The van der Waals surface area contributed by atoms with Gasteiger partial charge in [-0.1, -0.05) is 24.3 Å². The third-order valence-corrected chi connectivity index (χ3v) is 5.06. The Hall–Kier alpha value is -3.09. The molecule has 27 heavy (non-hydrogen) atoms. The molecular weight excluding hydrogens is 348 g/mol. The second-order valence-corrected chi connectivity index (χ2v) is 6.60. The van der Waals surface area contributed by atoms with Crippen LogP contribution in [0.15, 0.2) is 48.5 Å². The first kappa shape index (κ1) is 18.7. The lowest BCUT2D eigenvalue weighted by Crippen LogP contribution is -2.32. The first-order valence-corrected chi connectivity index (χ1v) is 8.67.